The van der Waals surface area contributed by atoms with Gasteiger partial charge in [-0.2, -0.15) is 0 Å². The first-order chi connectivity index (χ1) is 8.65. The number of hydrogen-bond acceptors (Lipinski definition) is 4. The standard InChI is InChI=1S/C13H16ClNO3/c1-17-13-10(14)4-9(11(16)6-15)5-12(13)18-7-8-2-3-8/h4-5,8H,2-3,6-7,15H2,1H3. The smallest absolute Gasteiger partial charge is 0.179 e. The predicted molar refractivity (Wildman–Crippen MR) is 69.6 cm³/mol. The molecule has 0 heterocycles. The van der Waals surface area contributed by atoms with Gasteiger partial charge in [-0.05, 0) is 30.9 Å². The number of ether oxygens (including phenoxy) is 2. The minimum atomic E-state index is -0.171. The van der Waals surface area contributed by atoms with Crippen LogP contribution in [0.5, 0.6) is 11.5 Å². The van der Waals surface area contributed by atoms with Gasteiger partial charge in [-0.1, -0.05) is 11.6 Å². The van der Waals surface area contributed by atoms with E-state index in [1.807, 2.05) is 0 Å². The Labute approximate surface area is 111 Å². The normalized spacial score (nSPS) is 14.4. The van der Waals surface area contributed by atoms with E-state index in [-0.39, 0.29) is 12.3 Å². The molecule has 0 spiro atoms. The lowest BCUT2D eigenvalue weighted by Crippen LogP contribution is -2.14. The Morgan fingerprint density at radius 1 is 1.50 bits per heavy atom. The van der Waals surface area contributed by atoms with Gasteiger partial charge in [0, 0.05) is 5.56 Å². The van der Waals surface area contributed by atoms with Crippen molar-refractivity contribution in [3.8, 4) is 11.5 Å². The highest BCUT2D eigenvalue weighted by atomic mass is 35.5. The Hall–Kier alpha value is -1.26. The van der Waals surface area contributed by atoms with Gasteiger partial charge in [-0.3, -0.25) is 4.79 Å². The molecule has 2 rings (SSSR count). The molecule has 5 heteroatoms. The molecule has 0 bridgehead atoms. The summed E-state index contributed by atoms with van der Waals surface area (Å²) in [5.74, 6) is 1.41. The molecular formula is C13H16ClNO3. The van der Waals surface area contributed by atoms with Crippen LogP contribution in [0.25, 0.3) is 0 Å². The molecule has 0 saturated heterocycles. The van der Waals surface area contributed by atoms with Crippen LogP contribution in [-0.2, 0) is 0 Å². The number of hydrogen-bond donors (Lipinski definition) is 1. The highest BCUT2D eigenvalue weighted by Gasteiger charge is 2.23. The number of benzene rings is 1. The van der Waals surface area contributed by atoms with E-state index in [4.69, 9.17) is 26.8 Å². The van der Waals surface area contributed by atoms with Gasteiger partial charge in [0.15, 0.2) is 17.3 Å². The number of carbonyl (C=O) groups excluding carboxylic acids is 1. The average molecular weight is 270 g/mol. The summed E-state index contributed by atoms with van der Waals surface area (Å²) in [5.41, 5.74) is 5.80. The second kappa shape index (κ2) is 5.59. The van der Waals surface area contributed by atoms with Crippen molar-refractivity contribution >= 4 is 17.4 Å². The largest absolute Gasteiger partial charge is 0.491 e. The average Bonchev–Trinajstić information content (AvgIpc) is 3.18. The Morgan fingerprint density at radius 2 is 2.22 bits per heavy atom. The number of halogens is 1. The van der Waals surface area contributed by atoms with E-state index in [9.17, 15) is 4.79 Å². The molecule has 0 unspecified atom stereocenters. The van der Waals surface area contributed by atoms with Crippen LogP contribution in [0.1, 0.15) is 23.2 Å². The van der Waals surface area contributed by atoms with Gasteiger partial charge in [0.2, 0.25) is 0 Å². The van der Waals surface area contributed by atoms with Gasteiger partial charge < -0.3 is 15.2 Å². The van der Waals surface area contributed by atoms with Crippen LogP contribution in [-0.4, -0.2) is 26.0 Å². The predicted octanol–water partition coefficient (Wildman–Crippen LogP) is 2.28. The molecule has 0 aromatic heterocycles. The van der Waals surface area contributed by atoms with Gasteiger partial charge in [0.05, 0.1) is 25.3 Å². The molecule has 0 radical (unpaired) electrons. The van der Waals surface area contributed by atoms with Crippen LogP contribution in [0.15, 0.2) is 12.1 Å². The maximum absolute atomic E-state index is 11.6. The van der Waals surface area contributed by atoms with Crippen molar-refractivity contribution in [1.82, 2.24) is 0 Å². The summed E-state index contributed by atoms with van der Waals surface area (Å²) in [6.07, 6.45) is 2.38. The monoisotopic (exact) mass is 269 g/mol. The lowest BCUT2D eigenvalue weighted by molar-refractivity contribution is 0.100. The molecule has 1 aromatic rings. The highest BCUT2D eigenvalue weighted by molar-refractivity contribution is 6.32. The van der Waals surface area contributed by atoms with Crippen molar-refractivity contribution in [2.45, 2.75) is 12.8 Å². The molecule has 1 aliphatic rings. The number of rotatable bonds is 6. The Bertz CT molecular complexity index is 458. The van der Waals surface area contributed by atoms with E-state index in [1.165, 1.54) is 20.0 Å². The third-order valence-electron chi connectivity index (χ3n) is 2.89. The van der Waals surface area contributed by atoms with Gasteiger partial charge in [0.1, 0.15) is 0 Å². The molecule has 1 saturated carbocycles. The first kappa shape index (κ1) is 13.2. The summed E-state index contributed by atoms with van der Waals surface area (Å²) < 4.78 is 10.9. The quantitative estimate of drug-likeness (QED) is 0.805. The van der Waals surface area contributed by atoms with Crippen molar-refractivity contribution < 1.29 is 14.3 Å². The van der Waals surface area contributed by atoms with E-state index in [2.05, 4.69) is 0 Å². The number of Topliss-reactive ketones (excluding diaryl/α,β-unsaturated/α-hetero) is 1. The topological polar surface area (TPSA) is 61.5 Å². The molecule has 18 heavy (non-hydrogen) atoms. The third kappa shape index (κ3) is 2.94. The third-order valence-corrected chi connectivity index (χ3v) is 3.17. The van der Waals surface area contributed by atoms with E-state index in [0.29, 0.717) is 34.6 Å². The summed E-state index contributed by atoms with van der Waals surface area (Å²) >= 11 is 6.07. The van der Waals surface area contributed by atoms with Crippen molar-refractivity contribution in [1.29, 1.82) is 0 Å². The molecule has 2 N–H and O–H groups in total. The summed E-state index contributed by atoms with van der Waals surface area (Å²) in [4.78, 5) is 11.6. The zero-order valence-corrected chi connectivity index (χ0v) is 11.0. The molecule has 1 aromatic carbocycles. The van der Waals surface area contributed by atoms with E-state index < -0.39 is 0 Å². The highest BCUT2D eigenvalue weighted by Crippen LogP contribution is 2.38. The van der Waals surface area contributed by atoms with Crippen molar-refractivity contribution in [3.05, 3.63) is 22.7 Å². The number of nitrogens with two attached hydrogens (primary N) is 1. The number of ketones is 1. The SMILES string of the molecule is COc1c(Cl)cc(C(=O)CN)cc1OCC1CC1. The summed E-state index contributed by atoms with van der Waals surface area (Å²) in [6, 6.07) is 3.20. The number of methoxy groups -OCH3 is 1. The van der Waals surface area contributed by atoms with Gasteiger partial charge in [-0.15, -0.1) is 0 Å². The first-order valence-corrected chi connectivity index (χ1v) is 6.27. The molecule has 98 valence electrons. The van der Waals surface area contributed by atoms with Crippen molar-refractivity contribution in [3.63, 3.8) is 0 Å². The minimum absolute atomic E-state index is 0.0509. The van der Waals surface area contributed by atoms with Crippen LogP contribution in [0.4, 0.5) is 0 Å². The van der Waals surface area contributed by atoms with E-state index in [1.54, 1.807) is 12.1 Å². The molecule has 1 aliphatic carbocycles. The lowest BCUT2D eigenvalue weighted by Gasteiger charge is -2.13. The van der Waals surface area contributed by atoms with Gasteiger partial charge in [-0.25, -0.2) is 0 Å². The maximum atomic E-state index is 11.6. The molecular weight excluding hydrogens is 254 g/mol. The maximum Gasteiger partial charge on any atom is 0.179 e. The zero-order chi connectivity index (χ0) is 13.1. The Morgan fingerprint density at radius 3 is 2.78 bits per heavy atom. The van der Waals surface area contributed by atoms with Crippen LogP contribution in [0.3, 0.4) is 0 Å². The van der Waals surface area contributed by atoms with Crippen LogP contribution in [0, 0.1) is 5.92 Å². The Kier molecular flexibility index (Phi) is 4.09. The van der Waals surface area contributed by atoms with Crippen LogP contribution in [0.2, 0.25) is 5.02 Å². The fraction of sp³-hybridized carbons (Fsp3) is 0.462. The second-order valence-corrected chi connectivity index (χ2v) is 4.78. The summed E-state index contributed by atoms with van der Waals surface area (Å²) in [6.45, 7) is 0.581. The molecule has 1 fully saturated rings. The molecule has 0 atom stereocenters. The van der Waals surface area contributed by atoms with E-state index >= 15 is 0 Å². The lowest BCUT2D eigenvalue weighted by atomic mass is 10.1. The van der Waals surface area contributed by atoms with Crippen molar-refractivity contribution in [2.75, 3.05) is 20.3 Å². The summed E-state index contributed by atoms with van der Waals surface area (Å²) in [5, 5.41) is 0.364. The second-order valence-electron chi connectivity index (χ2n) is 4.37. The Balaban J connectivity index is 2.26. The van der Waals surface area contributed by atoms with Crippen LogP contribution >= 0.6 is 11.6 Å². The fourth-order valence-electron chi connectivity index (χ4n) is 1.64. The minimum Gasteiger partial charge on any atom is -0.491 e. The molecule has 0 amide bonds. The molecule has 0 aliphatic heterocycles. The van der Waals surface area contributed by atoms with E-state index in [0.717, 1.165) is 0 Å². The first-order valence-electron chi connectivity index (χ1n) is 5.89. The van der Waals surface area contributed by atoms with Gasteiger partial charge in [0.25, 0.3) is 0 Å². The van der Waals surface area contributed by atoms with Crippen LogP contribution < -0.4 is 15.2 Å². The fourth-order valence-corrected chi connectivity index (χ4v) is 1.93. The number of carbonyl (C=O) groups is 1. The van der Waals surface area contributed by atoms with Gasteiger partial charge >= 0.3 is 0 Å². The van der Waals surface area contributed by atoms with Crippen molar-refractivity contribution in [2.24, 2.45) is 11.7 Å². The summed E-state index contributed by atoms with van der Waals surface area (Å²) in [7, 11) is 1.52. The zero-order valence-electron chi connectivity index (χ0n) is 10.2. The molecule has 4 nitrogen and oxygen atoms in total.